The summed E-state index contributed by atoms with van der Waals surface area (Å²) < 4.78 is 12.9. The number of anilines is 2. The number of amides is 2. The minimum atomic E-state index is -0.390. The molecule has 6 heteroatoms. The molecule has 5 nitrogen and oxygen atoms in total. The molecular formula is C20H21FN4O. The molecule has 2 heterocycles. The van der Waals surface area contributed by atoms with Crippen molar-refractivity contribution in [3.05, 3.63) is 66.2 Å². The number of rotatable bonds is 6. The SMILES string of the molecule is CCCCc1ccc(NC(=O)Nc2c[nH]c(-c3ccc(F)cn3)c2)cc1. The standard InChI is InChI=1S/C20H21FN4O/c1-2-3-4-14-5-8-16(9-6-14)24-20(26)25-17-11-19(23-13-17)18-10-7-15(21)12-22-18/h5-13,23H,2-4H2,1H3,(H2,24,25,26). The zero-order valence-electron chi connectivity index (χ0n) is 14.6. The molecule has 0 fully saturated rings. The van der Waals surface area contributed by atoms with E-state index in [9.17, 15) is 9.18 Å². The predicted molar refractivity (Wildman–Crippen MR) is 102 cm³/mol. The maximum atomic E-state index is 12.9. The smallest absolute Gasteiger partial charge is 0.323 e. The Hall–Kier alpha value is -3.15. The normalized spacial score (nSPS) is 10.5. The van der Waals surface area contributed by atoms with Crippen molar-refractivity contribution in [3.8, 4) is 11.4 Å². The van der Waals surface area contributed by atoms with Crippen LogP contribution in [0.15, 0.2) is 54.9 Å². The number of urea groups is 1. The number of halogens is 1. The van der Waals surface area contributed by atoms with Crippen LogP contribution in [0.2, 0.25) is 0 Å². The van der Waals surface area contributed by atoms with Crippen LogP contribution in [0, 0.1) is 5.82 Å². The Kier molecular flexibility index (Phi) is 5.63. The first-order valence-electron chi connectivity index (χ1n) is 8.61. The van der Waals surface area contributed by atoms with Crippen molar-refractivity contribution in [2.24, 2.45) is 0 Å². The Morgan fingerprint density at radius 3 is 2.58 bits per heavy atom. The third kappa shape index (κ3) is 4.69. The fraction of sp³-hybridized carbons (Fsp3) is 0.200. The largest absolute Gasteiger partial charge is 0.358 e. The number of aryl methyl sites for hydroxylation is 1. The summed E-state index contributed by atoms with van der Waals surface area (Å²) in [7, 11) is 0. The minimum Gasteiger partial charge on any atom is -0.358 e. The lowest BCUT2D eigenvalue weighted by Gasteiger charge is -2.07. The zero-order chi connectivity index (χ0) is 18.4. The maximum Gasteiger partial charge on any atom is 0.323 e. The molecule has 0 aliphatic heterocycles. The van der Waals surface area contributed by atoms with Gasteiger partial charge in [-0.1, -0.05) is 25.5 Å². The summed E-state index contributed by atoms with van der Waals surface area (Å²) in [4.78, 5) is 19.1. The fourth-order valence-electron chi connectivity index (χ4n) is 2.58. The van der Waals surface area contributed by atoms with Gasteiger partial charge in [0.15, 0.2) is 0 Å². The third-order valence-electron chi connectivity index (χ3n) is 3.98. The first kappa shape index (κ1) is 17.7. The van der Waals surface area contributed by atoms with E-state index in [0.717, 1.165) is 31.1 Å². The van der Waals surface area contributed by atoms with Crippen LogP contribution in [0.1, 0.15) is 25.3 Å². The van der Waals surface area contributed by atoms with Gasteiger partial charge in [0.25, 0.3) is 0 Å². The lowest BCUT2D eigenvalue weighted by Crippen LogP contribution is -2.18. The number of H-pyrrole nitrogens is 1. The summed E-state index contributed by atoms with van der Waals surface area (Å²) in [6.07, 6.45) is 6.18. The minimum absolute atomic E-state index is 0.330. The Labute approximate surface area is 151 Å². The van der Waals surface area contributed by atoms with Crippen LogP contribution in [0.3, 0.4) is 0 Å². The molecule has 2 aromatic heterocycles. The van der Waals surface area contributed by atoms with Crippen LogP contribution in [-0.4, -0.2) is 16.0 Å². The molecule has 3 N–H and O–H groups in total. The van der Waals surface area contributed by atoms with Crippen LogP contribution >= 0.6 is 0 Å². The van der Waals surface area contributed by atoms with Crippen LogP contribution < -0.4 is 10.6 Å². The van der Waals surface area contributed by atoms with Crippen molar-refractivity contribution in [1.29, 1.82) is 0 Å². The van der Waals surface area contributed by atoms with Gasteiger partial charge in [0.2, 0.25) is 0 Å². The summed E-state index contributed by atoms with van der Waals surface area (Å²) in [6, 6.07) is 12.2. The van der Waals surface area contributed by atoms with Crippen LogP contribution in [0.5, 0.6) is 0 Å². The number of nitrogens with zero attached hydrogens (tertiary/aromatic N) is 1. The van der Waals surface area contributed by atoms with Crippen molar-refractivity contribution in [1.82, 2.24) is 9.97 Å². The highest BCUT2D eigenvalue weighted by molar-refractivity contribution is 6.00. The summed E-state index contributed by atoms with van der Waals surface area (Å²) in [5.41, 5.74) is 3.89. The van der Waals surface area contributed by atoms with Crippen molar-refractivity contribution >= 4 is 17.4 Å². The second-order valence-corrected chi connectivity index (χ2v) is 6.04. The molecule has 0 saturated carbocycles. The molecular weight excluding hydrogens is 331 g/mol. The monoisotopic (exact) mass is 352 g/mol. The van der Waals surface area contributed by atoms with Gasteiger partial charge < -0.3 is 15.6 Å². The molecule has 0 radical (unpaired) electrons. The molecule has 0 aliphatic rings. The van der Waals surface area contributed by atoms with Crippen LogP contribution in [0.4, 0.5) is 20.6 Å². The Morgan fingerprint density at radius 1 is 1.12 bits per heavy atom. The molecule has 3 rings (SSSR count). The topological polar surface area (TPSA) is 69.8 Å². The molecule has 2 amide bonds. The van der Waals surface area contributed by atoms with E-state index in [1.165, 1.54) is 11.6 Å². The number of hydrogen-bond acceptors (Lipinski definition) is 2. The van der Waals surface area contributed by atoms with Gasteiger partial charge in [-0.2, -0.15) is 0 Å². The molecule has 3 aromatic rings. The number of carbonyl (C=O) groups excluding carboxylic acids is 1. The van der Waals surface area contributed by atoms with E-state index in [4.69, 9.17) is 0 Å². The molecule has 0 bridgehead atoms. The number of nitrogens with one attached hydrogen (secondary N) is 3. The van der Waals surface area contributed by atoms with Crippen molar-refractivity contribution in [3.63, 3.8) is 0 Å². The second kappa shape index (κ2) is 8.29. The van der Waals surface area contributed by atoms with Gasteiger partial charge in [-0.3, -0.25) is 4.98 Å². The van der Waals surface area contributed by atoms with E-state index >= 15 is 0 Å². The average molecular weight is 352 g/mol. The van der Waals surface area contributed by atoms with Gasteiger partial charge in [-0.25, -0.2) is 9.18 Å². The maximum absolute atomic E-state index is 12.9. The zero-order valence-corrected chi connectivity index (χ0v) is 14.6. The van der Waals surface area contributed by atoms with Gasteiger partial charge in [-0.15, -0.1) is 0 Å². The molecule has 0 unspecified atom stereocenters. The predicted octanol–water partition coefficient (Wildman–Crippen LogP) is 5.20. The third-order valence-corrected chi connectivity index (χ3v) is 3.98. The second-order valence-electron chi connectivity index (χ2n) is 6.04. The average Bonchev–Trinajstić information content (AvgIpc) is 3.10. The summed E-state index contributed by atoms with van der Waals surface area (Å²) in [5, 5.41) is 5.56. The molecule has 0 atom stereocenters. The van der Waals surface area contributed by atoms with Crippen molar-refractivity contribution in [2.45, 2.75) is 26.2 Å². The Balaban J connectivity index is 1.57. The first-order chi connectivity index (χ1) is 12.6. The van der Waals surface area contributed by atoms with Gasteiger partial charge >= 0.3 is 6.03 Å². The highest BCUT2D eigenvalue weighted by atomic mass is 19.1. The van der Waals surface area contributed by atoms with Gasteiger partial charge in [0, 0.05) is 11.9 Å². The molecule has 0 saturated heterocycles. The summed E-state index contributed by atoms with van der Waals surface area (Å²) >= 11 is 0. The van der Waals surface area contributed by atoms with E-state index in [1.54, 1.807) is 18.3 Å². The molecule has 1 aromatic carbocycles. The van der Waals surface area contributed by atoms with Crippen molar-refractivity contribution in [2.75, 3.05) is 10.6 Å². The van der Waals surface area contributed by atoms with Crippen LogP contribution in [-0.2, 0) is 6.42 Å². The first-order valence-corrected chi connectivity index (χ1v) is 8.61. The summed E-state index contributed by atoms with van der Waals surface area (Å²) in [5.74, 6) is -0.390. The fourth-order valence-corrected chi connectivity index (χ4v) is 2.58. The lowest BCUT2D eigenvalue weighted by atomic mass is 10.1. The molecule has 0 spiro atoms. The van der Waals surface area contributed by atoms with Gasteiger partial charge in [0.05, 0.1) is 23.3 Å². The number of benzene rings is 1. The van der Waals surface area contributed by atoms with Gasteiger partial charge in [0.1, 0.15) is 5.82 Å². The van der Waals surface area contributed by atoms with E-state index in [-0.39, 0.29) is 6.03 Å². The van der Waals surface area contributed by atoms with E-state index in [1.807, 2.05) is 24.3 Å². The quantitative estimate of drug-likeness (QED) is 0.570. The van der Waals surface area contributed by atoms with E-state index in [0.29, 0.717) is 17.1 Å². The molecule has 26 heavy (non-hydrogen) atoms. The molecule has 0 aliphatic carbocycles. The lowest BCUT2D eigenvalue weighted by molar-refractivity contribution is 0.262. The van der Waals surface area contributed by atoms with Crippen LogP contribution in [0.25, 0.3) is 11.4 Å². The number of pyridine rings is 1. The summed E-state index contributed by atoms with van der Waals surface area (Å²) in [6.45, 7) is 2.17. The van der Waals surface area contributed by atoms with Crippen molar-refractivity contribution < 1.29 is 9.18 Å². The number of aromatic amines is 1. The Bertz CT molecular complexity index is 856. The number of aromatic nitrogens is 2. The number of carbonyl (C=O) groups is 1. The van der Waals surface area contributed by atoms with Gasteiger partial charge in [-0.05, 0) is 48.7 Å². The highest BCUT2D eigenvalue weighted by Gasteiger charge is 2.07. The van der Waals surface area contributed by atoms with E-state index in [2.05, 4.69) is 27.5 Å². The highest BCUT2D eigenvalue weighted by Crippen LogP contribution is 2.20. The number of hydrogen-bond donors (Lipinski definition) is 3. The van der Waals surface area contributed by atoms with E-state index < -0.39 is 5.82 Å². The molecule has 134 valence electrons. The Morgan fingerprint density at radius 2 is 1.88 bits per heavy atom. The number of unbranched alkanes of at least 4 members (excludes halogenated alkanes) is 1.